The second-order valence-electron chi connectivity index (χ2n) is 5.45. The number of nitrogens with one attached hydrogen (secondary N) is 1. The maximum absolute atomic E-state index is 11.9. The van der Waals surface area contributed by atoms with Crippen LogP contribution in [0.2, 0.25) is 0 Å². The molecule has 0 saturated carbocycles. The maximum Gasteiger partial charge on any atom is 0.161 e. The second kappa shape index (κ2) is 5.26. The van der Waals surface area contributed by atoms with E-state index in [4.69, 9.17) is 9.47 Å². The molecule has 2 heterocycles. The quantitative estimate of drug-likeness (QED) is 0.846. The van der Waals surface area contributed by atoms with Crippen molar-refractivity contribution in [3.05, 3.63) is 23.8 Å². The van der Waals surface area contributed by atoms with Crippen molar-refractivity contribution in [3.8, 4) is 11.5 Å². The lowest BCUT2D eigenvalue weighted by molar-refractivity contribution is 0.297. The molecule has 5 nitrogen and oxygen atoms in total. The summed E-state index contributed by atoms with van der Waals surface area (Å²) in [4.78, 5) is 0. The highest BCUT2D eigenvalue weighted by Gasteiger charge is 2.30. The zero-order valence-electron chi connectivity index (χ0n) is 11.5. The topological polar surface area (TPSA) is 64.6 Å². The standard InChI is InChI=1S/C14H19NO4S/c1-10-8-20(16,17)9-12(15-10)11-3-4-13-14(7-11)19-6-2-5-18-13/h3-4,7,10,12,15H,2,5-6,8-9H2,1H3. The SMILES string of the molecule is CC1CS(=O)(=O)CC(c2ccc3c(c2)OCCCO3)N1. The van der Waals surface area contributed by atoms with Gasteiger partial charge in [-0.3, -0.25) is 0 Å². The summed E-state index contributed by atoms with van der Waals surface area (Å²) in [5.41, 5.74) is 0.935. The van der Waals surface area contributed by atoms with Crippen LogP contribution in [-0.4, -0.2) is 39.2 Å². The van der Waals surface area contributed by atoms with E-state index in [1.165, 1.54) is 0 Å². The van der Waals surface area contributed by atoms with E-state index in [0.29, 0.717) is 19.0 Å². The van der Waals surface area contributed by atoms with Gasteiger partial charge in [0.2, 0.25) is 0 Å². The van der Waals surface area contributed by atoms with Crippen molar-refractivity contribution < 1.29 is 17.9 Å². The second-order valence-corrected chi connectivity index (χ2v) is 7.61. The largest absolute Gasteiger partial charge is 0.490 e. The fourth-order valence-electron chi connectivity index (χ4n) is 2.73. The third kappa shape index (κ3) is 2.91. The minimum atomic E-state index is -2.99. The molecular formula is C14H19NO4S. The van der Waals surface area contributed by atoms with Crippen molar-refractivity contribution in [2.24, 2.45) is 0 Å². The van der Waals surface area contributed by atoms with Crippen LogP contribution in [0.5, 0.6) is 11.5 Å². The van der Waals surface area contributed by atoms with Crippen molar-refractivity contribution in [1.29, 1.82) is 0 Å². The Morgan fingerprint density at radius 2 is 1.90 bits per heavy atom. The minimum Gasteiger partial charge on any atom is -0.490 e. The van der Waals surface area contributed by atoms with Gasteiger partial charge in [0, 0.05) is 18.5 Å². The summed E-state index contributed by atoms with van der Waals surface area (Å²) in [6.07, 6.45) is 0.858. The maximum atomic E-state index is 11.9. The molecule has 0 bridgehead atoms. The number of ether oxygens (including phenoxy) is 2. The monoisotopic (exact) mass is 297 g/mol. The Labute approximate surface area is 119 Å². The Balaban J connectivity index is 1.88. The average molecular weight is 297 g/mol. The number of fused-ring (bicyclic) bond motifs is 1. The highest BCUT2D eigenvalue weighted by Crippen LogP contribution is 2.33. The Kier molecular flexibility index (Phi) is 3.60. The molecule has 20 heavy (non-hydrogen) atoms. The Morgan fingerprint density at radius 1 is 1.15 bits per heavy atom. The van der Waals surface area contributed by atoms with Gasteiger partial charge in [-0.1, -0.05) is 6.07 Å². The number of hydrogen-bond donors (Lipinski definition) is 1. The van der Waals surface area contributed by atoms with Gasteiger partial charge in [0.15, 0.2) is 21.3 Å². The minimum absolute atomic E-state index is 0.0327. The van der Waals surface area contributed by atoms with Crippen molar-refractivity contribution >= 4 is 9.84 Å². The van der Waals surface area contributed by atoms with Gasteiger partial charge < -0.3 is 14.8 Å². The van der Waals surface area contributed by atoms with E-state index in [1.807, 2.05) is 25.1 Å². The highest BCUT2D eigenvalue weighted by molar-refractivity contribution is 7.91. The van der Waals surface area contributed by atoms with E-state index in [1.54, 1.807) is 0 Å². The zero-order chi connectivity index (χ0) is 14.2. The summed E-state index contributed by atoms with van der Waals surface area (Å²) in [6, 6.07) is 5.46. The molecule has 1 fully saturated rings. The summed E-state index contributed by atoms with van der Waals surface area (Å²) in [7, 11) is -2.99. The van der Waals surface area contributed by atoms with E-state index in [2.05, 4.69) is 5.32 Å². The summed E-state index contributed by atoms with van der Waals surface area (Å²) in [6.45, 7) is 3.18. The van der Waals surface area contributed by atoms with Crippen LogP contribution in [0.15, 0.2) is 18.2 Å². The van der Waals surface area contributed by atoms with E-state index in [-0.39, 0.29) is 23.6 Å². The van der Waals surface area contributed by atoms with Gasteiger partial charge >= 0.3 is 0 Å². The molecule has 2 aliphatic heterocycles. The highest BCUT2D eigenvalue weighted by atomic mass is 32.2. The predicted molar refractivity (Wildman–Crippen MR) is 76.0 cm³/mol. The summed E-state index contributed by atoms with van der Waals surface area (Å²) < 4.78 is 35.0. The van der Waals surface area contributed by atoms with E-state index in [0.717, 1.165) is 17.7 Å². The molecular weight excluding hydrogens is 278 g/mol. The molecule has 1 aromatic carbocycles. The van der Waals surface area contributed by atoms with Crippen molar-refractivity contribution in [3.63, 3.8) is 0 Å². The molecule has 1 N–H and O–H groups in total. The molecule has 2 aliphatic rings. The zero-order valence-corrected chi connectivity index (χ0v) is 12.3. The number of hydrogen-bond acceptors (Lipinski definition) is 5. The number of rotatable bonds is 1. The van der Waals surface area contributed by atoms with Crippen molar-refractivity contribution in [1.82, 2.24) is 5.32 Å². The van der Waals surface area contributed by atoms with Crippen LogP contribution in [0.1, 0.15) is 24.9 Å². The van der Waals surface area contributed by atoms with Crippen LogP contribution in [0, 0.1) is 0 Å². The van der Waals surface area contributed by atoms with Gasteiger partial charge in [-0.2, -0.15) is 0 Å². The first-order chi connectivity index (χ1) is 9.53. The molecule has 2 atom stereocenters. The first kappa shape index (κ1) is 13.7. The van der Waals surface area contributed by atoms with Gasteiger partial charge in [-0.15, -0.1) is 0 Å². The lowest BCUT2D eigenvalue weighted by Gasteiger charge is -2.29. The average Bonchev–Trinajstić information content (AvgIpc) is 2.60. The van der Waals surface area contributed by atoms with Gasteiger partial charge in [-0.25, -0.2) is 8.42 Å². The lowest BCUT2D eigenvalue weighted by Crippen LogP contribution is -2.45. The van der Waals surface area contributed by atoms with E-state index >= 15 is 0 Å². The Morgan fingerprint density at radius 3 is 2.65 bits per heavy atom. The van der Waals surface area contributed by atoms with Crippen LogP contribution in [0.3, 0.4) is 0 Å². The van der Waals surface area contributed by atoms with Gasteiger partial charge in [0.25, 0.3) is 0 Å². The summed E-state index contributed by atoms with van der Waals surface area (Å²) in [5, 5.41) is 3.34. The molecule has 6 heteroatoms. The first-order valence-electron chi connectivity index (χ1n) is 6.89. The molecule has 0 aromatic heterocycles. The fraction of sp³-hybridized carbons (Fsp3) is 0.571. The van der Waals surface area contributed by atoms with Gasteiger partial charge in [0.1, 0.15) is 0 Å². The number of sulfone groups is 1. The lowest BCUT2D eigenvalue weighted by atomic mass is 10.1. The van der Waals surface area contributed by atoms with Crippen LogP contribution in [0.25, 0.3) is 0 Å². The molecule has 0 spiro atoms. The summed E-state index contributed by atoms with van der Waals surface area (Å²) in [5.74, 6) is 1.78. The third-order valence-corrected chi connectivity index (χ3v) is 5.43. The fourth-order valence-corrected chi connectivity index (χ4v) is 4.52. The molecule has 110 valence electrons. The van der Waals surface area contributed by atoms with Gasteiger partial charge in [0.05, 0.1) is 24.7 Å². The Hall–Kier alpha value is -1.27. The molecule has 3 rings (SSSR count). The Bertz CT molecular complexity index is 599. The van der Waals surface area contributed by atoms with E-state index < -0.39 is 9.84 Å². The normalized spacial score (nSPS) is 28.6. The van der Waals surface area contributed by atoms with Crippen LogP contribution >= 0.6 is 0 Å². The van der Waals surface area contributed by atoms with Crippen LogP contribution in [-0.2, 0) is 9.84 Å². The van der Waals surface area contributed by atoms with Crippen LogP contribution < -0.4 is 14.8 Å². The molecule has 1 saturated heterocycles. The first-order valence-corrected chi connectivity index (χ1v) is 8.72. The number of benzene rings is 1. The van der Waals surface area contributed by atoms with Crippen LogP contribution in [0.4, 0.5) is 0 Å². The van der Waals surface area contributed by atoms with Crippen molar-refractivity contribution in [2.45, 2.75) is 25.4 Å². The third-order valence-electron chi connectivity index (χ3n) is 3.58. The van der Waals surface area contributed by atoms with E-state index in [9.17, 15) is 8.42 Å². The van der Waals surface area contributed by atoms with Crippen molar-refractivity contribution in [2.75, 3.05) is 24.7 Å². The summed E-state index contributed by atoms with van der Waals surface area (Å²) >= 11 is 0. The molecule has 1 aromatic rings. The smallest absolute Gasteiger partial charge is 0.161 e. The van der Waals surface area contributed by atoms with Gasteiger partial charge in [-0.05, 0) is 24.6 Å². The molecule has 0 aliphatic carbocycles. The molecule has 0 amide bonds. The predicted octanol–water partition coefficient (Wildman–Crippen LogP) is 1.30. The molecule has 2 unspecified atom stereocenters. The molecule has 0 radical (unpaired) electrons.